The molecule has 0 saturated carbocycles. The van der Waals surface area contributed by atoms with Crippen molar-refractivity contribution in [3.8, 4) is 5.75 Å². The van der Waals surface area contributed by atoms with E-state index in [1.54, 1.807) is 22.5 Å². The molecule has 1 aliphatic rings. The highest BCUT2D eigenvalue weighted by molar-refractivity contribution is 7.89. The Morgan fingerprint density at radius 1 is 1.42 bits per heavy atom. The summed E-state index contributed by atoms with van der Waals surface area (Å²) in [5.41, 5.74) is 0.542. The number of carbonyl (C=O) groups is 1. The fourth-order valence-corrected chi connectivity index (χ4v) is 5.02. The van der Waals surface area contributed by atoms with Gasteiger partial charge in [-0.1, -0.05) is 18.5 Å². The average Bonchev–Trinajstić information content (AvgIpc) is 2.60. The van der Waals surface area contributed by atoms with Crippen LogP contribution < -0.4 is 10.1 Å². The zero-order valence-electron chi connectivity index (χ0n) is 15.3. The van der Waals surface area contributed by atoms with E-state index in [2.05, 4.69) is 5.32 Å². The molecule has 1 aromatic rings. The van der Waals surface area contributed by atoms with Crippen molar-refractivity contribution in [3.63, 3.8) is 0 Å². The van der Waals surface area contributed by atoms with E-state index < -0.39 is 10.0 Å². The first kappa shape index (κ1) is 21.0. The Balaban J connectivity index is 1.88. The third kappa shape index (κ3) is 5.86. The average molecular weight is 403 g/mol. The molecule has 0 radical (unpaired) electrons. The lowest BCUT2D eigenvalue weighted by atomic mass is 9.94. The minimum absolute atomic E-state index is 0.126. The van der Waals surface area contributed by atoms with Gasteiger partial charge in [0.15, 0.2) is 0 Å². The van der Waals surface area contributed by atoms with E-state index in [0.717, 1.165) is 12.8 Å². The quantitative estimate of drug-likeness (QED) is 0.721. The number of methoxy groups -OCH3 is 1. The maximum absolute atomic E-state index is 12.3. The lowest BCUT2D eigenvalue weighted by Crippen LogP contribution is -2.41. The maximum atomic E-state index is 12.3. The first-order chi connectivity index (χ1) is 12.4. The standard InChI is InChI=1S/C18H27ClN2O4S/c1-3-11-26(23,24)21-10-4-5-14(13-21)6-9-18(22)20-16-12-15(19)7-8-17(16)25-2/h7-8,12,14H,3-6,9-11,13H2,1-2H3,(H,20,22)/t14-/m1/s1. The van der Waals surface area contributed by atoms with Crippen LogP contribution in [0.1, 0.15) is 39.0 Å². The molecule has 0 aromatic heterocycles. The van der Waals surface area contributed by atoms with Gasteiger partial charge >= 0.3 is 0 Å². The molecule has 1 aromatic carbocycles. The second-order valence-corrected chi connectivity index (χ2v) is 9.14. The van der Waals surface area contributed by atoms with Crippen molar-refractivity contribution < 1.29 is 17.9 Å². The highest BCUT2D eigenvalue weighted by atomic mass is 35.5. The molecule has 2 rings (SSSR count). The van der Waals surface area contributed by atoms with Crippen molar-refractivity contribution >= 4 is 33.2 Å². The summed E-state index contributed by atoms with van der Waals surface area (Å²) in [5, 5.41) is 3.34. The summed E-state index contributed by atoms with van der Waals surface area (Å²) in [7, 11) is -1.63. The number of hydrogen-bond donors (Lipinski definition) is 1. The number of nitrogens with zero attached hydrogens (tertiary/aromatic N) is 1. The molecule has 1 aliphatic heterocycles. The molecule has 1 amide bonds. The van der Waals surface area contributed by atoms with E-state index in [-0.39, 0.29) is 17.6 Å². The number of amides is 1. The van der Waals surface area contributed by atoms with Crippen LogP contribution in [-0.2, 0) is 14.8 Å². The largest absolute Gasteiger partial charge is 0.495 e. The van der Waals surface area contributed by atoms with Crippen LogP contribution in [0.2, 0.25) is 5.02 Å². The summed E-state index contributed by atoms with van der Waals surface area (Å²) in [6, 6.07) is 5.05. The smallest absolute Gasteiger partial charge is 0.224 e. The van der Waals surface area contributed by atoms with E-state index >= 15 is 0 Å². The Morgan fingerprint density at radius 3 is 2.88 bits per heavy atom. The van der Waals surface area contributed by atoms with Gasteiger partial charge in [-0.15, -0.1) is 0 Å². The predicted molar refractivity (Wildman–Crippen MR) is 104 cm³/mol. The summed E-state index contributed by atoms with van der Waals surface area (Å²) in [6.07, 6.45) is 3.41. The zero-order chi connectivity index (χ0) is 19.2. The molecule has 0 bridgehead atoms. The molecular formula is C18H27ClN2O4S. The summed E-state index contributed by atoms with van der Waals surface area (Å²) in [6.45, 7) is 2.97. The van der Waals surface area contributed by atoms with Crippen LogP contribution >= 0.6 is 11.6 Å². The molecule has 1 heterocycles. The van der Waals surface area contributed by atoms with Crippen molar-refractivity contribution in [2.75, 3.05) is 31.3 Å². The van der Waals surface area contributed by atoms with Gasteiger partial charge in [0.25, 0.3) is 0 Å². The number of sulfonamides is 1. The molecule has 1 N–H and O–H groups in total. The van der Waals surface area contributed by atoms with Crippen LogP contribution in [0.3, 0.4) is 0 Å². The summed E-state index contributed by atoms with van der Waals surface area (Å²) in [4.78, 5) is 12.3. The van der Waals surface area contributed by atoms with Crippen molar-refractivity contribution in [2.24, 2.45) is 5.92 Å². The van der Waals surface area contributed by atoms with Crippen molar-refractivity contribution in [2.45, 2.75) is 39.0 Å². The fraction of sp³-hybridized carbons (Fsp3) is 0.611. The first-order valence-electron chi connectivity index (χ1n) is 8.97. The van der Waals surface area contributed by atoms with Gasteiger partial charge in [0.2, 0.25) is 15.9 Å². The Morgan fingerprint density at radius 2 is 2.19 bits per heavy atom. The molecular weight excluding hydrogens is 376 g/mol. The van der Waals surface area contributed by atoms with E-state index in [0.29, 0.717) is 48.8 Å². The van der Waals surface area contributed by atoms with Gasteiger partial charge in [-0.25, -0.2) is 12.7 Å². The van der Waals surface area contributed by atoms with E-state index in [9.17, 15) is 13.2 Å². The van der Waals surface area contributed by atoms with E-state index in [4.69, 9.17) is 16.3 Å². The number of nitrogens with one attached hydrogen (secondary N) is 1. The zero-order valence-corrected chi connectivity index (χ0v) is 16.9. The van der Waals surface area contributed by atoms with Crippen LogP contribution in [0.4, 0.5) is 5.69 Å². The number of anilines is 1. The number of rotatable bonds is 8. The third-order valence-corrected chi connectivity index (χ3v) is 6.83. The number of hydrogen-bond acceptors (Lipinski definition) is 4. The molecule has 26 heavy (non-hydrogen) atoms. The molecule has 1 saturated heterocycles. The number of ether oxygens (including phenoxy) is 1. The number of benzene rings is 1. The molecule has 1 atom stereocenters. The highest BCUT2D eigenvalue weighted by Gasteiger charge is 2.28. The van der Waals surface area contributed by atoms with E-state index in [1.165, 1.54) is 7.11 Å². The fourth-order valence-electron chi connectivity index (χ4n) is 3.23. The topological polar surface area (TPSA) is 75.7 Å². The third-order valence-electron chi connectivity index (χ3n) is 4.55. The minimum atomic E-state index is -3.17. The Labute approximate surface area is 160 Å². The molecule has 0 unspecified atom stereocenters. The molecule has 0 spiro atoms. The van der Waals surface area contributed by atoms with Gasteiger partial charge < -0.3 is 10.1 Å². The van der Waals surface area contributed by atoms with Gasteiger partial charge in [0, 0.05) is 24.5 Å². The SMILES string of the molecule is CCCS(=O)(=O)N1CCC[C@H](CCC(=O)Nc2cc(Cl)ccc2OC)C1. The van der Waals surface area contributed by atoms with Gasteiger partial charge in [-0.05, 0) is 49.8 Å². The second kappa shape index (κ2) is 9.58. The molecule has 146 valence electrons. The lowest BCUT2D eigenvalue weighted by Gasteiger charge is -2.31. The Hall–Kier alpha value is -1.31. The van der Waals surface area contributed by atoms with Gasteiger partial charge in [0.1, 0.15) is 5.75 Å². The minimum Gasteiger partial charge on any atom is -0.495 e. The van der Waals surface area contributed by atoms with E-state index in [1.807, 2.05) is 6.92 Å². The van der Waals surface area contributed by atoms with Gasteiger partial charge in [-0.2, -0.15) is 0 Å². The predicted octanol–water partition coefficient (Wildman–Crippen LogP) is 3.52. The van der Waals surface area contributed by atoms with Crippen molar-refractivity contribution in [3.05, 3.63) is 23.2 Å². The summed E-state index contributed by atoms with van der Waals surface area (Å²) in [5.74, 6) is 0.827. The lowest BCUT2D eigenvalue weighted by molar-refractivity contribution is -0.116. The Kier molecular flexibility index (Phi) is 7.73. The molecule has 8 heteroatoms. The summed E-state index contributed by atoms with van der Waals surface area (Å²) < 4.78 is 31.3. The normalized spacial score (nSPS) is 18.5. The molecule has 6 nitrogen and oxygen atoms in total. The van der Waals surface area contributed by atoms with Crippen LogP contribution in [-0.4, -0.2) is 44.6 Å². The van der Waals surface area contributed by atoms with Crippen molar-refractivity contribution in [1.29, 1.82) is 0 Å². The summed E-state index contributed by atoms with van der Waals surface area (Å²) >= 11 is 5.97. The van der Waals surface area contributed by atoms with Gasteiger partial charge in [-0.3, -0.25) is 4.79 Å². The van der Waals surface area contributed by atoms with Crippen LogP contribution in [0.5, 0.6) is 5.75 Å². The highest BCUT2D eigenvalue weighted by Crippen LogP contribution is 2.28. The van der Waals surface area contributed by atoms with Crippen LogP contribution in [0.15, 0.2) is 18.2 Å². The van der Waals surface area contributed by atoms with Gasteiger partial charge in [0.05, 0.1) is 18.6 Å². The number of piperidine rings is 1. The molecule has 1 fully saturated rings. The second-order valence-electron chi connectivity index (χ2n) is 6.61. The van der Waals surface area contributed by atoms with Crippen LogP contribution in [0.25, 0.3) is 0 Å². The monoisotopic (exact) mass is 402 g/mol. The molecule has 0 aliphatic carbocycles. The maximum Gasteiger partial charge on any atom is 0.224 e. The Bertz CT molecular complexity index is 724. The van der Waals surface area contributed by atoms with Crippen LogP contribution in [0, 0.1) is 5.92 Å². The number of halogens is 1. The van der Waals surface area contributed by atoms with Crippen molar-refractivity contribution in [1.82, 2.24) is 4.31 Å². The number of carbonyl (C=O) groups excluding carboxylic acids is 1. The first-order valence-corrected chi connectivity index (χ1v) is 11.0.